The molecule has 2 aromatic rings. The molecule has 0 aliphatic heterocycles. The number of anilines is 1. The van der Waals surface area contributed by atoms with Gasteiger partial charge in [-0.1, -0.05) is 23.7 Å². The molecule has 1 N–H and O–H groups in total. The molecule has 1 amide bonds. The lowest BCUT2D eigenvalue weighted by atomic mass is 10.1. The van der Waals surface area contributed by atoms with E-state index in [1.54, 1.807) is 13.0 Å². The van der Waals surface area contributed by atoms with Gasteiger partial charge < -0.3 is 10.1 Å². The van der Waals surface area contributed by atoms with Gasteiger partial charge in [0.1, 0.15) is 5.75 Å². The molecule has 0 aliphatic rings. The summed E-state index contributed by atoms with van der Waals surface area (Å²) in [5, 5.41) is 2.99. The SMILES string of the molecule is Cc1cc(C)c(NC(=O)COc2cccc(C(F)(F)F)c2)c(Cl)c1. The molecule has 0 radical (unpaired) electrons. The van der Waals surface area contributed by atoms with Crippen molar-refractivity contribution < 1.29 is 22.7 Å². The molecule has 0 fully saturated rings. The Hall–Kier alpha value is -2.21. The fourth-order valence-electron chi connectivity index (χ4n) is 2.16. The minimum Gasteiger partial charge on any atom is -0.484 e. The van der Waals surface area contributed by atoms with Crippen molar-refractivity contribution in [2.45, 2.75) is 20.0 Å². The van der Waals surface area contributed by atoms with Gasteiger partial charge in [-0.3, -0.25) is 4.79 Å². The van der Waals surface area contributed by atoms with Gasteiger partial charge in [-0.05, 0) is 49.2 Å². The van der Waals surface area contributed by atoms with E-state index in [9.17, 15) is 18.0 Å². The maximum Gasteiger partial charge on any atom is 0.416 e. The van der Waals surface area contributed by atoms with Gasteiger partial charge in [-0.2, -0.15) is 13.2 Å². The van der Waals surface area contributed by atoms with Gasteiger partial charge >= 0.3 is 6.18 Å². The number of rotatable bonds is 4. The van der Waals surface area contributed by atoms with Crippen molar-refractivity contribution in [1.82, 2.24) is 0 Å². The molecule has 7 heteroatoms. The topological polar surface area (TPSA) is 38.3 Å². The molecule has 2 rings (SSSR count). The zero-order valence-electron chi connectivity index (χ0n) is 13.0. The molecule has 128 valence electrons. The molecule has 0 atom stereocenters. The summed E-state index contributed by atoms with van der Waals surface area (Å²) in [7, 11) is 0. The van der Waals surface area contributed by atoms with E-state index in [1.807, 2.05) is 13.0 Å². The summed E-state index contributed by atoms with van der Waals surface area (Å²) in [5.74, 6) is -0.548. The van der Waals surface area contributed by atoms with Crippen LogP contribution in [0.15, 0.2) is 36.4 Å². The molecular weight excluding hydrogens is 343 g/mol. The van der Waals surface area contributed by atoms with Crippen molar-refractivity contribution >= 4 is 23.2 Å². The fraction of sp³-hybridized carbons (Fsp3) is 0.235. The fourth-order valence-corrected chi connectivity index (χ4v) is 2.53. The molecule has 0 heterocycles. The number of benzene rings is 2. The Kier molecular flexibility index (Phi) is 5.39. The van der Waals surface area contributed by atoms with E-state index < -0.39 is 24.3 Å². The number of halogens is 4. The maximum atomic E-state index is 12.6. The molecule has 2 aromatic carbocycles. The van der Waals surface area contributed by atoms with Crippen LogP contribution in [0.25, 0.3) is 0 Å². The normalized spacial score (nSPS) is 11.2. The van der Waals surface area contributed by atoms with E-state index in [4.69, 9.17) is 16.3 Å². The van der Waals surface area contributed by atoms with Crippen LogP contribution in [0.5, 0.6) is 5.75 Å². The Balaban J connectivity index is 2.02. The molecule has 24 heavy (non-hydrogen) atoms. The van der Waals surface area contributed by atoms with E-state index in [-0.39, 0.29) is 5.75 Å². The van der Waals surface area contributed by atoms with Crippen molar-refractivity contribution in [1.29, 1.82) is 0 Å². The number of alkyl halides is 3. The molecule has 0 spiro atoms. The van der Waals surface area contributed by atoms with Crippen molar-refractivity contribution in [3.05, 3.63) is 58.1 Å². The number of hydrogen-bond donors (Lipinski definition) is 1. The molecule has 0 unspecified atom stereocenters. The smallest absolute Gasteiger partial charge is 0.416 e. The lowest BCUT2D eigenvalue weighted by molar-refractivity contribution is -0.137. The minimum atomic E-state index is -4.46. The van der Waals surface area contributed by atoms with Crippen molar-refractivity contribution in [2.24, 2.45) is 0 Å². The molecular formula is C17H15ClF3NO2. The van der Waals surface area contributed by atoms with Gasteiger partial charge in [0.2, 0.25) is 0 Å². The number of nitrogens with one attached hydrogen (secondary N) is 1. The second-order valence-corrected chi connectivity index (χ2v) is 5.71. The lowest BCUT2D eigenvalue weighted by Gasteiger charge is -2.13. The van der Waals surface area contributed by atoms with E-state index in [0.717, 1.165) is 23.3 Å². The summed E-state index contributed by atoms with van der Waals surface area (Å²) in [4.78, 5) is 11.9. The molecule has 0 bridgehead atoms. The van der Waals surface area contributed by atoms with Crippen molar-refractivity contribution in [3.8, 4) is 5.75 Å². The van der Waals surface area contributed by atoms with Gasteiger partial charge in [0.25, 0.3) is 5.91 Å². The van der Waals surface area contributed by atoms with E-state index in [0.29, 0.717) is 10.7 Å². The van der Waals surface area contributed by atoms with E-state index in [1.165, 1.54) is 12.1 Å². The highest BCUT2D eigenvalue weighted by atomic mass is 35.5. The molecule has 0 aromatic heterocycles. The first-order valence-corrected chi connectivity index (χ1v) is 7.41. The number of aryl methyl sites for hydroxylation is 2. The highest BCUT2D eigenvalue weighted by Crippen LogP contribution is 2.31. The van der Waals surface area contributed by atoms with Crippen LogP contribution in [0.4, 0.5) is 18.9 Å². The number of carbonyl (C=O) groups excluding carboxylic acids is 1. The molecule has 0 saturated heterocycles. The van der Waals surface area contributed by atoms with Crippen LogP contribution in [-0.4, -0.2) is 12.5 Å². The molecule has 3 nitrogen and oxygen atoms in total. The van der Waals surface area contributed by atoms with Crippen LogP contribution in [-0.2, 0) is 11.0 Å². The first-order chi connectivity index (χ1) is 11.2. The zero-order valence-corrected chi connectivity index (χ0v) is 13.8. The van der Waals surface area contributed by atoms with Gasteiger partial charge in [0, 0.05) is 0 Å². The highest BCUT2D eigenvalue weighted by Gasteiger charge is 2.30. The number of carbonyl (C=O) groups is 1. The first kappa shape index (κ1) is 18.1. The Morgan fingerprint density at radius 1 is 1.21 bits per heavy atom. The largest absolute Gasteiger partial charge is 0.484 e. The van der Waals surface area contributed by atoms with Gasteiger partial charge in [-0.15, -0.1) is 0 Å². The van der Waals surface area contributed by atoms with Crippen LogP contribution in [0.1, 0.15) is 16.7 Å². The first-order valence-electron chi connectivity index (χ1n) is 7.03. The van der Waals surface area contributed by atoms with Crippen molar-refractivity contribution in [3.63, 3.8) is 0 Å². The second-order valence-electron chi connectivity index (χ2n) is 5.30. The Morgan fingerprint density at radius 3 is 2.54 bits per heavy atom. The van der Waals surface area contributed by atoms with Crippen LogP contribution in [0, 0.1) is 13.8 Å². The quantitative estimate of drug-likeness (QED) is 0.836. The standard InChI is InChI=1S/C17H15ClF3NO2/c1-10-6-11(2)16(14(18)7-10)22-15(23)9-24-13-5-3-4-12(8-13)17(19,20)21/h3-8H,9H2,1-2H3,(H,22,23). The van der Waals surface area contributed by atoms with Crippen molar-refractivity contribution in [2.75, 3.05) is 11.9 Å². The molecule has 0 aliphatic carbocycles. The van der Waals surface area contributed by atoms with Gasteiger partial charge in [0.05, 0.1) is 16.3 Å². The Morgan fingerprint density at radius 2 is 1.92 bits per heavy atom. The number of amides is 1. The Labute approximate surface area is 142 Å². The summed E-state index contributed by atoms with van der Waals surface area (Å²) in [6.07, 6.45) is -4.46. The summed E-state index contributed by atoms with van der Waals surface area (Å²) >= 11 is 6.09. The average Bonchev–Trinajstić information content (AvgIpc) is 2.48. The van der Waals surface area contributed by atoms with E-state index in [2.05, 4.69) is 5.32 Å². The lowest BCUT2D eigenvalue weighted by Crippen LogP contribution is -2.21. The van der Waals surface area contributed by atoms with Gasteiger partial charge in [-0.25, -0.2) is 0 Å². The summed E-state index contributed by atoms with van der Waals surface area (Å²) in [5.41, 5.74) is 1.36. The number of ether oxygens (including phenoxy) is 1. The average molecular weight is 358 g/mol. The van der Waals surface area contributed by atoms with Gasteiger partial charge in [0.15, 0.2) is 6.61 Å². The summed E-state index contributed by atoms with van der Waals surface area (Å²) < 4.78 is 43.0. The third kappa shape index (κ3) is 4.64. The second kappa shape index (κ2) is 7.13. The highest BCUT2D eigenvalue weighted by molar-refractivity contribution is 6.34. The minimum absolute atomic E-state index is 0.0355. The van der Waals surface area contributed by atoms with E-state index >= 15 is 0 Å². The summed E-state index contributed by atoms with van der Waals surface area (Å²) in [6.45, 7) is 3.24. The Bertz CT molecular complexity index is 737. The maximum absolute atomic E-state index is 12.6. The number of hydrogen-bond acceptors (Lipinski definition) is 2. The monoisotopic (exact) mass is 357 g/mol. The van der Waals surface area contributed by atoms with Crippen LogP contribution < -0.4 is 10.1 Å². The van der Waals surface area contributed by atoms with Crippen LogP contribution >= 0.6 is 11.6 Å². The van der Waals surface area contributed by atoms with Crippen LogP contribution in [0.3, 0.4) is 0 Å². The molecule has 0 saturated carbocycles. The summed E-state index contributed by atoms with van der Waals surface area (Å²) in [6, 6.07) is 7.91. The van der Waals surface area contributed by atoms with Crippen LogP contribution in [0.2, 0.25) is 5.02 Å². The zero-order chi connectivity index (χ0) is 17.9. The predicted molar refractivity (Wildman–Crippen MR) is 86.5 cm³/mol. The third-order valence-corrected chi connectivity index (χ3v) is 3.53. The third-order valence-electron chi connectivity index (χ3n) is 3.23. The predicted octanol–water partition coefficient (Wildman–Crippen LogP) is 4.99.